The summed E-state index contributed by atoms with van der Waals surface area (Å²) in [5, 5.41) is 10.2. The van der Waals surface area contributed by atoms with Gasteiger partial charge in [-0.1, -0.05) is 30.3 Å². The van der Waals surface area contributed by atoms with Crippen molar-refractivity contribution in [3.63, 3.8) is 0 Å². The van der Waals surface area contributed by atoms with Gasteiger partial charge in [0.1, 0.15) is 22.9 Å². The Morgan fingerprint density at radius 1 is 0.969 bits per heavy atom. The van der Waals surface area contributed by atoms with E-state index in [1.807, 2.05) is 46.7 Å². The molecule has 3 aliphatic rings. The normalized spacial score (nSPS) is 21.8. The first kappa shape index (κ1) is 42.9. The first-order chi connectivity index (χ1) is 30.8. The van der Waals surface area contributed by atoms with Crippen molar-refractivity contribution in [3.8, 4) is 17.2 Å². The fourth-order valence-electron chi connectivity index (χ4n) is 10.7. The molecule has 7 aromatic rings. The van der Waals surface area contributed by atoms with Gasteiger partial charge < -0.3 is 18.8 Å². The van der Waals surface area contributed by atoms with E-state index in [0.29, 0.717) is 77.6 Å². The van der Waals surface area contributed by atoms with Gasteiger partial charge in [0.15, 0.2) is 5.82 Å². The molecule has 2 fully saturated rings. The molecule has 3 aromatic carbocycles. The summed E-state index contributed by atoms with van der Waals surface area (Å²) in [5.74, 6) is -0.0966. The highest BCUT2D eigenvalue weighted by Gasteiger charge is 2.59. The number of aryl methyl sites for hydroxylation is 2. The lowest BCUT2D eigenvalue weighted by Crippen LogP contribution is -2.41. The van der Waals surface area contributed by atoms with Gasteiger partial charge in [-0.25, -0.2) is 18.7 Å². The summed E-state index contributed by atoms with van der Waals surface area (Å²) in [4.78, 5) is 47.3. The quantitative estimate of drug-likeness (QED) is 0.141. The van der Waals surface area contributed by atoms with Gasteiger partial charge in [-0.05, 0) is 144 Å². The maximum atomic E-state index is 15.5. The van der Waals surface area contributed by atoms with Crippen LogP contribution in [-0.2, 0) is 27.4 Å². The van der Waals surface area contributed by atoms with Gasteiger partial charge in [-0.2, -0.15) is 5.10 Å². The number of imidazole rings is 1. The van der Waals surface area contributed by atoms with Gasteiger partial charge in [-0.3, -0.25) is 23.4 Å². The minimum Gasteiger partial charge on any atom is -0.376 e. The van der Waals surface area contributed by atoms with Crippen LogP contribution in [0, 0.1) is 25.6 Å². The highest BCUT2D eigenvalue weighted by atomic mass is 31.2. The van der Waals surface area contributed by atoms with Crippen molar-refractivity contribution in [2.45, 2.75) is 96.5 Å². The molecule has 16 heteroatoms. The van der Waals surface area contributed by atoms with Crippen LogP contribution >= 0.6 is 7.14 Å². The molecular weight excluding hydrogens is 847 g/mol. The second kappa shape index (κ2) is 15.3. The molecule has 10 rings (SSSR count). The van der Waals surface area contributed by atoms with Crippen LogP contribution in [-0.4, -0.2) is 76.5 Å². The zero-order valence-corrected chi connectivity index (χ0v) is 38.9. The average Bonchev–Trinajstić information content (AvgIpc) is 3.74. The highest BCUT2D eigenvalue weighted by molar-refractivity contribution is 7.61. The molecule has 0 bridgehead atoms. The molecule has 65 heavy (non-hydrogen) atoms. The number of rotatable bonds is 9. The predicted molar refractivity (Wildman–Crippen MR) is 246 cm³/mol. The number of carbonyl (C=O) groups is 1. The Kier molecular flexibility index (Phi) is 10.1. The van der Waals surface area contributed by atoms with Crippen molar-refractivity contribution in [3.05, 3.63) is 145 Å². The topological polar surface area (TPSA) is 155 Å². The number of ether oxygens (including phenoxy) is 1. The zero-order valence-electron chi connectivity index (χ0n) is 38.0. The van der Waals surface area contributed by atoms with Crippen LogP contribution in [0.4, 0.5) is 4.39 Å². The summed E-state index contributed by atoms with van der Waals surface area (Å²) in [5.41, 5.74) is 5.34. The molecule has 0 spiro atoms. The van der Waals surface area contributed by atoms with Gasteiger partial charge in [-0.15, -0.1) is 0 Å². The van der Waals surface area contributed by atoms with Crippen molar-refractivity contribution in [2.75, 3.05) is 26.5 Å². The summed E-state index contributed by atoms with van der Waals surface area (Å²) < 4.78 is 45.8. The number of carbonyl (C=O) groups excluding carboxylic acids is 1. The van der Waals surface area contributed by atoms with Crippen molar-refractivity contribution < 1.29 is 23.0 Å². The minimum absolute atomic E-state index is 0.0178. The number of nitrogens with one attached hydrogen (secondary N) is 1. The van der Waals surface area contributed by atoms with Crippen LogP contribution < -0.4 is 11.4 Å². The summed E-state index contributed by atoms with van der Waals surface area (Å²) in [6.45, 7) is 16.2. The number of halogens is 1. The molecule has 14 nitrogen and oxygen atoms in total. The van der Waals surface area contributed by atoms with Crippen LogP contribution in [0.2, 0.25) is 0 Å². The third-order valence-electron chi connectivity index (χ3n) is 13.9. The molecule has 2 aliphatic heterocycles. The Morgan fingerprint density at radius 2 is 1.71 bits per heavy atom. The second-order valence-electron chi connectivity index (χ2n) is 19.6. The number of fused-ring (bicyclic) bond motifs is 2. The fraction of sp³-hybridized carbons (Fsp3) is 0.408. The lowest BCUT2D eigenvalue weighted by Gasteiger charge is -2.35. The molecule has 4 atom stereocenters. The number of H-pyrrole nitrogens is 1. The molecule has 1 unspecified atom stereocenters. The molecule has 1 amide bonds. The monoisotopic (exact) mass is 900 g/mol. The summed E-state index contributed by atoms with van der Waals surface area (Å²) in [6.07, 6.45) is 6.55. The molecule has 4 aromatic heterocycles. The van der Waals surface area contributed by atoms with Crippen molar-refractivity contribution in [1.82, 2.24) is 38.5 Å². The van der Waals surface area contributed by atoms with E-state index < -0.39 is 24.5 Å². The maximum absolute atomic E-state index is 15.5. The van der Waals surface area contributed by atoms with Crippen molar-refractivity contribution in [2.24, 2.45) is 5.92 Å². The fourth-order valence-corrected chi connectivity index (χ4v) is 11.8. The molecule has 1 saturated carbocycles. The van der Waals surface area contributed by atoms with Gasteiger partial charge in [0, 0.05) is 54.6 Å². The van der Waals surface area contributed by atoms with E-state index in [9.17, 15) is 14.2 Å². The third-order valence-corrected chi connectivity index (χ3v) is 15.0. The average molecular weight is 901 g/mol. The van der Waals surface area contributed by atoms with E-state index in [0.717, 1.165) is 35.0 Å². The summed E-state index contributed by atoms with van der Waals surface area (Å²) in [7, 11) is -2.39. The van der Waals surface area contributed by atoms with Crippen LogP contribution in [0.1, 0.15) is 109 Å². The first-order valence-corrected chi connectivity index (χ1v) is 25.1. The van der Waals surface area contributed by atoms with Crippen LogP contribution in [0.25, 0.3) is 28.1 Å². The molecule has 1 saturated heterocycles. The van der Waals surface area contributed by atoms with E-state index in [4.69, 9.17) is 14.4 Å². The lowest BCUT2D eigenvalue weighted by molar-refractivity contribution is -0.0592. The number of nitrogens with zero attached hydrogens (tertiary/aromatic N) is 7. The number of aromatic nitrogens is 7. The number of hydrogen-bond donors (Lipinski definition) is 1. The third kappa shape index (κ3) is 7.27. The Morgan fingerprint density at radius 3 is 2.38 bits per heavy atom. The molecular formula is C49H54FN8O6P. The Bertz CT molecular complexity index is 3210. The standard InChI is InChI=1S/C49H54FN8O6P/c1-28-20-37(21-29(2)42(28)50)58-43(56-18-17-55(47(56)61)36-11-9-10-32(22-36)27-65(7,8)62)41-31(4)54(16-14-38(41)52-58)44(59)40-24-35-23-33(34-15-19-63-48(5,6)26-34)12-13-39(35)57(40)49(25-30(49)3)45-51-46(60)64-53-45/h9-13,17-18,20-24,30-31,34H,14-16,19,25-27H2,1-8H3,(H,51,53,60)/t30-,31-,34?,49-/m0/s1. The van der Waals surface area contributed by atoms with Gasteiger partial charge in [0.05, 0.1) is 35.9 Å². The molecule has 338 valence electrons. The number of amides is 1. The SMILES string of the molecule is Cc1cc(-n2nc3c(c2-n2ccn(-c4cccc(CP(C)(C)=O)c4)c2=O)[C@H](C)N(C(=O)c2cc4cc(C5CCOC(C)(C)C5)ccc4n2[C@@]2(c4noc(=O)[nH]4)C[C@@H]2C)CC3)cc(C)c1F. The molecule has 0 radical (unpaired) electrons. The predicted octanol–water partition coefficient (Wildman–Crippen LogP) is 8.54. The Hall–Kier alpha value is -6.05. The number of aromatic amines is 1. The summed E-state index contributed by atoms with van der Waals surface area (Å²) >= 11 is 0. The van der Waals surface area contributed by atoms with Crippen LogP contribution in [0.5, 0.6) is 0 Å². The van der Waals surface area contributed by atoms with Gasteiger partial charge in [0.25, 0.3) is 5.91 Å². The smallest absolute Gasteiger partial charge is 0.376 e. The minimum atomic E-state index is -2.39. The summed E-state index contributed by atoms with van der Waals surface area (Å²) in [6, 6.07) is 18.7. The zero-order chi connectivity index (χ0) is 45.9. The maximum Gasteiger partial charge on any atom is 0.438 e. The molecule has 6 heterocycles. The second-order valence-corrected chi connectivity index (χ2v) is 23.1. The van der Waals surface area contributed by atoms with Crippen LogP contribution in [0.15, 0.2) is 87.2 Å². The molecule has 1 aliphatic carbocycles. The Balaban J connectivity index is 1.11. The van der Waals surface area contributed by atoms with Gasteiger partial charge in [0.2, 0.25) is 0 Å². The van der Waals surface area contributed by atoms with Crippen molar-refractivity contribution >= 4 is 24.0 Å². The number of benzene rings is 3. The molecule has 1 N–H and O–H groups in total. The van der Waals surface area contributed by atoms with E-state index >= 15 is 9.18 Å². The van der Waals surface area contributed by atoms with Crippen molar-refractivity contribution in [1.29, 1.82) is 0 Å². The largest absolute Gasteiger partial charge is 0.438 e. The van der Waals surface area contributed by atoms with E-state index in [1.165, 1.54) is 5.56 Å². The first-order valence-electron chi connectivity index (χ1n) is 22.3. The van der Waals surface area contributed by atoms with E-state index in [-0.39, 0.29) is 34.9 Å². The highest BCUT2D eigenvalue weighted by Crippen LogP contribution is 2.56. The van der Waals surface area contributed by atoms with E-state index in [2.05, 4.69) is 49.1 Å². The Labute approximate surface area is 375 Å². The lowest BCUT2D eigenvalue weighted by atomic mass is 9.83. The van der Waals surface area contributed by atoms with Gasteiger partial charge >= 0.3 is 11.4 Å². The van der Waals surface area contributed by atoms with Crippen LogP contribution in [0.3, 0.4) is 0 Å². The van der Waals surface area contributed by atoms with E-state index in [1.54, 1.807) is 65.5 Å². The number of hydrogen-bond acceptors (Lipinski definition) is 8.